The molecule has 2 aliphatic heterocycles. The quantitative estimate of drug-likeness (QED) is 0.637. The fourth-order valence-electron chi connectivity index (χ4n) is 4.43. The fraction of sp³-hybridized carbons (Fsp3) is 0.286. The highest BCUT2D eigenvalue weighted by Crippen LogP contribution is 2.52. The number of fused-ring (bicyclic) bond motifs is 1. The molecule has 0 radical (unpaired) electrons. The third kappa shape index (κ3) is 2.75. The van der Waals surface area contributed by atoms with Gasteiger partial charge in [-0.25, -0.2) is 4.90 Å². The highest BCUT2D eigenvalue weighted by molar-refractivity contribution is 6.31. The van der Waals surface area contributed by atoms with Gasteiger partial charge >= 0.3 is 5.97 Å². The Morgan fingerprint density at radius 3 is 2.53 bits per heavy atom. The van der Waals surface area contributed by atoms with Crippen LogP contribution in [0.2, 0.25) is 5.02 Å². The summed E-state index contributed by atoms with van der Waals surface area (Å²) in [6.45, 7) is 1.37. The van der Waals surface area contributed by atoms with Crippen LogP contribution in [0.4, 0.5) is 5.69 Å². The molecule has 2 aromatic carbocycles. The predicted octanol–water partition coefficient (Wildman–Crippen LogP) is 2.35. The van der Waals surface area contributed by atoms with E-state index in [0.29, 0.717) is 5.02 Å². The van der Waals surface area contributed by atoms with Gasteiger partial charge in [-0.1, -0.05) is 29.8 Å². The average molecular weight is 431 g/mol. The molecule has 0 aromatic heterocycles. The van der Waals surface area contributed by atoms with Gasteiger partial charge < -0.3 is 14.9 Å². The van der Waals surface area contributed by atoms with E-state index in [1.807, 2.05) is 0 Å². The van der Waals surface area contributed by atoms with Crippen LogP contribution >= 0.6 is 11.6 Å². The summed E-state index contributed by atoms with van der Waals surface area (Å²) >= 11 is 6.02. The maximum atomic E-state index is 13.4. The number of para-hydroxylation sites is 1. The molecular formula is C21H19ClN2O6. The van der Waals surface area contributed by atoms with Crippen molar-refractivity contribution in [2.24, 2.45) is 11.8 Å². The minimum absolute atomic E-state index is 0.179. The van der Waals surface area contributed by atoms with E-state index < -0.39 is 41.2 Å². The number of halogens is 1. The summed E-state index contributed by atoms with van der Waals surface area (Å²) < 4.78 is 5.14. The minimum atomic E-state index is -1.72. The van der Waals surface area contributed by atoms with Gasteiger partial charge in [0.25, 0.3) is 0 Å². The van der Waals surface area contributed by atoms with Crippen molar-refractivity contribution >= 4 is 35.1 Å². The first kappa shape index (κ1) is 20.2. The molecule has 2 heterocycles. The molecule has 2 fully saturated rings. The smallest absolute Gasteiger partial charge is 0.324 e. The summed E-state index contributed by atoms with van der Waals surface area (Å²) in [6, 6.07) is 10.1. The number of nitrogens with zero attached hydrogens (tertiary/aromatic N) is 1. The first-order chi connectivity index (χ1) is 14.2. The second kappa shape index (κ2) is 7.00. The zero-order valence-electron chi connectivity index (χ0n) is 16.1. The van der Waals surface area contributed by atoms with Gasteiger partial charge in [-0.15, -0.1) is 0 Å². The van der Waals surface area contributed by atoms with Crippen LogP contribution in [0, 0.1) is 11.8 Å². The van der Waals surface area contributed by atoms with E-state index in [1.165, 1.54) is 20.1 Å². The number of phenols is 1. The molecule has 3 N–H and O–H groups in total. The molecule has 4 rings (SSSR count). The second-order valence-electron chi connectivity index (χ2n) is 7.52. The SMILES string of the molecule is COc1cccc([C@@H]2N[C@](C)(C(=O)O)[C@@H]3C(=O)N(c4cccc(Cl)c4)C(=O)[C@@H]32)c1O. The number of aromatic hydroxyl groups is 1. The molecule has 9 heteroatoms. The van der Waals surface area contributed by atoms with Gasteiger partial charge in [-0.05, 0) is 31.2 Å². The standard InChI is InChI=1S/C21H19ClN2O6/c1-21(20(28)29)15-14(16(23-21)12-7-4-8-13(30-2)17(12)25)18(26)24(19(15)27)11-6-3-5-10(22)9-11/h3-9,14-16,23,25H,1-2H3,(H,28,29)/t14-,15-,16-,21-/m0/s1. The average Bonchev–Trinajstić information content (AvgIpc) is 3.16. The molecular weight excluding hydrogens is 412 g/mol. The number of phenolic OH excluding ortho intramolecular Hbond substituents is 1. The van der Waals surface area contributed by atoms with Gasteiger partial charge in [0.2, 0.25) is 11.8 Å². The molecule has 4 atom stereocenters. The Bertz CT molecular complexity index is 1070. The number of amides is 2. The number of hydrogen-bond acceptors (Lipinski definition) is 6. The molecule has 30 heavy (non-hydrogen) atoms. The fourth-order valence-corrected chi connectivity index (χ4v) is 4.61. The molecule has 0 saturated carbocycles. The van der Waals surface area contributed by atoms with Gasteiger partial charge in [0.15, 0.2) is 11.5 Å². The molecule has 0 bridgehead atoms. The van der Waals surface area contributed by atoms with E-state index in [9.17, 15) is 24.6 Å². The minimum Gasteiger partial charge on any atom is -0.504 e. The number of anilines is 1. The number of ether oxygens (including phenoxy) is 1. The van der Waals surface area contributed by atoms with E-state index in [-0.39, 0.29) is 22.7 Å². The van der Waals surface area contributed by atoms with Crippen LogP contribution in [0.25, 0.3) is 0 Å². The van der Waals surface area contributed by atoms with Crippen molar-refractivity contribution < 1.29 is 29.3 Å². The molecule has 2 aliphatic rings. The first-order valence-corrected chi connectivity index (χ1v) is 9.59. The molecule has 0 unspecified atom stereocenters. The second-order valence-corrected chi connectivity index (χ2v) is 7.96. The summed E-state index contributed by atoms with van der Waals surface area (Å²) in [6.07, 6.45) is 0. The highest BCUT2D eigenvalue weighted by Gasteiger charge is 2.67. The van der Waals surface area contributed by atoms with E-state index in [2.05, 4.69) is 5.32 Å². The predicted molar refractivity (Wildman–Crippen MR) is 108 cm³/mol. The Kier molecular flexibility index (Phi) is 4.71. The van der Waals surface area contributed by atoms with Crippen molar-refractivity contribution in [3.63, 3.8) is 0 Å². The van der Waals surface area contributed by atoms with Gasteiger partial charge in [-0.3, -0.25) is 19.7 Å². The third-order valence-electron chi connectivity index (χ3n) is 5.88. The van der Waals surface area contributed by atoms with Crippen molar-refractivity contribution in [1.82, 2.24) is 5.32 Å². The molecule has 2 aromatic rings. The van der Waals surface area contributed by atoms with E-state index >= 15 is 0 Å². The Balaban J connectivity index is 1.86. The lowest BCUT2D eigenvalue weighted by atomic mass is 9.80. The number of aliphatic carboxylic acids is 1. The zero-order chi connectivity index (χ0) is 21.8. The van der Waals surface area contributed by atoms with E-state index in [0.717, 1.165) is 4.90 Å². The van der Waals surface area contributed by atoms with E-state index in [4.69, 9.17) is 16.3 Å². The third-order valence-corrected chi connectivity index (χ3v) is 6.12. The van der Waals surface area contributed by atoms with Gasteiger partial charge in [0, 0.05) is 16.6 Å². The van der Waals surface area contributed by atoms with Crippen molar-refractivity contribution in [2.75, 3.05) is 12.0 Å². The summed E-state index contributed by atoms with van der Waals surface area (Å²) in [4.78, 5) is 39.8. The van der Waals surface area contributed by atoms with Crippen LogP contribution in [0.3, 0.4) is 0 Å². The highest BCUT2D eigenvalue weighted by atomic mass is 35.5. The van der Waals surface area contributed by atoms with Gasteiger partial charge in [-0.2, -0.15) is 0 Å². The molecule has 2 saturated heterocycles. The molecule has 0 spiro atoms. The van der Waals surface area contributed by atoms with Crippen LogP contribution in [-0.2, 0) is 14.4 Å². The van der Waals surface area contributed by atoms with Crippen LogP contribution in [0.5, 0.6) is 11.5 Å². The van der Waals surface area contributed by atoms with Crippen molar-refractivity contribution in [3.8, 4) is 11.5 Å². The molecule has 0 aliphatic carbocycles. The molecule has 2 amide bonds. The number of rotatable bonds is 4. The van der Waals surface area contributed by atoms with Crippen LogP contribution in [0.1, 0.15) is 18.5 Å². The van der Waals surface area contributed by atoms with Crippen LogP contribution < -0.4 is 15.0 Å². The number of methoxy groups -OCH3 is 1. The summed E-state index contributed by atoms with van der Waals surface area (Å²) in [7, 11) is 1.39. The van der Waals surface area contributed by atoms with Crippen molar-refractivity contribution in [2.45, 2.75) is 18.5 Å². The zero-order valence-corrected chi connectivity index (χ0v) is 16.9. The number of carboxylic acids is 1. The first-order valence-electron chi connectivity index (χ1n) is 9.21. The van der Waals surface area contributed by atoms with Gasteiger partial charge in [0.05, 0.1) is 24.6 Å². The summed E-state index contributed by atoms with van der Waals surface area (Å²) in [5.74, 6) is -4.69. The lowest BCUT2D eigenvalue weighted by molar-refractivity contribution is -0.147. The number of imide groups is 1. The number of nitrogens with one attached hydrogen (secondary N) is 1. The summed E-state index contributed by atoms with van der Waals surface area (Å²) in [5.41, 5.74) is -1.16. The van der Waals surface area contributed by atoms with E-state index in [1.54, 1.807) is 36.4 Å². The lowest BCUT2D eigenvalue weighted by Crippen LogP contribution is -2.53. The summed E-state index contributed by atoms with van der Waals surface area (Å²) in [5, 5.41) is 23.8. The number of carboxylic acid groups (broad SMARTS) is 1. The number of carbonyl (C=O) groups is 3. The van der Waals surface area contributed by atoms with Crippen LogP contribution in [0.15, 0.2) is 42.5 Å². The molecule has 8 nitrogen and oxygen atoms in total. The number of carbonyl (C=O) groups excluding carboxylic acids is 2. The monoisotopic (exact) mass is 430 g/mol. The van der Waals surface area contributed by atoms with Gasteiger partial charge in [0.1, 0.15) is 5.54 Å². The topological polar surface area (TPSA) is 116 Å². The maximum absolute atomic E-state index is 13.4. The Morgan fingerprint density at radius 2 is 1.90 bits per heavy atom. The normalized spacial score (nSPS) is 28.0. The maximum Gasteiger partial charge on any atom is 0.324 e. The van der Waals surface area contributed by atoms with Crippen LogP contribution in [-0.4, -0.2) is 40.6 Å². The van der Waals surface area contributed by atoms with Crippen molar-refractivity contribution in [1.29, 1.82) is 0 Å². The largest absolute Gasteiger partial charge is 0.504 e. The Hall–Kier alpha value is -3.10. The molecule has 156 valence electrons. The lowest BCUT2D eigenvalue weighted by Gasteiger charge is -2.27. The Labute approximate surface area is 177 Å². The number of hydrogen-bond donors (Lipinski definition) is 3. The Morgan fingerprint density at radius 1 is 1.20 bits per heavy atom. The number of benzene rings is 2. The van der Waals surface area contributed by atoms with Crippen molar-refractivity contribution in [3.05, 3.63) is 53.1 Å².